The zero-order valence-corrected chi connectivity index (χ0v) is 12.2. The number of hydrogen-bond acceptors (Lipinski definition) is 4. The molecule has 114 valence electrons. The Kier molecular flexibility index (Phi) is 4.83. The molecule has 1 aromatic heterocycles. The quantitative estimate of drug-likeness (QED) is 0.466. The van der Waals surface area contributed by atoms with E-state index in [0.717, 1.165) is 12.8 Å². The lowest BCUT2D eigenvalue weighted by atomic mass is 10.1. The molecule has 0 radical (unpaired) electrons. The molecule has 1 aromatic carbocycles. The molecule has 0 aliphatic heterocycles. The second kappa shape index (κ2) is 6.80. The van der Waals surface area contributed by atoms with Crippen molar-refractivity contribution in [3.05, 3.63) is 62.4 Å². The van der Waals surface area contributed by atoms with Gasteiger partial charge in [-0.05, 0) is 36.2 Å². The third-order valence-corrected chi connectivity index (χ3v) is 3.44. The monoisotopic (exact) mass is 300 g/mol. The van der Waals surface area contributed by atoms with E-state index >= 15 is 0 Å². The van der Waals surface area contributed by atoms with Gasteiger partial charge in [0.15, 0.2) is 6.29 Å². The molecule has 1 heterocycles. The fourth-order valence-corrected chi connectivity index (χ4v) is 2.23. The lowest BCUT2D eigenvalue weighted by molar-refractivity contribution is -0.384. The number of unbranched alkanes of at least 4 members (excludes halogenated alkanes) is 1. The van der Waals surface area contributed by atoms with Gasteiger partial charge in [-0.1, -0.05) is 13.3 Å². The van der Waals surface area contributed by atoms with Crippen LogP contribution in [-0.2, 0) is 6.54 Å². The van der Waals surface area contributed by atoms with E-state index in [4.69, 9.17) is 0 Å². The molecule has 0 unspecified atom stereocenters. The molecule has 0 saturated heterocycles. The summed E-state index contributed by atoms with van der Waals surface area (Å²) in [5, 5.41) is 10.7. The van der Waals surface area contributed by atoms with Crippen LogP contribution in [0.5, 0.6) is 0 Å². The summed E-state index contributed by atoms with van der Waals surface area (Å²) in [6.45, 7) is 2.52. The zero-order chi connectivity index (χ0) is 16.1. The second-order valence-corrected chi connectivity index (χ2v) is 4.91. The Morgan fingerprint density at radius 2 is 1.86 bits per heavy atom. The fourth-order valence-electron chi connectivity index (χ4n) is 2.23. The number of benzene rings is 1. The number of rotatable bonds is 6. The lowest BCUT2D eigenvalue weighted by Crippen LogP contribution is -2.25. The third kappa shape index (κ3) is 3.11. The van der Waals surface area contributed by atoms with Crippen molar-refractivity contribution in [2.75, 3.05) is 0 Å². The number of aldehydes is 1. The minimum absolute atomic E-state index is 0.00397. The Morgan fingerprint density at radius 1 is 1.18 bits per heavy atom. The molecule has 0 bridgehead atoms. The Morgan fingerprint density at radius 3 is 2.41 bits per heavy atom. The van der Waals surface area contributed by atoms with E-state index in [1.54, 1.807) is 22.8 Å². The molecule has 2 aromatic rings. The summed E-state index contributed by atoms with van der Waals surface area (Å²) >= 11 is 0. The van der Waals surface area contributed by atoms with E-state index in [2.05, 4.69) is 0 Å². The smallest absolute Gasteiger partial charge is 0.269 e. The molecule has 0 fully saturated rings. The normalized spacial score (nSPS) is 10.4. The molecule has 0 amide bonds. The van der Waals surface area contributed by atoms with Gasteiger partial charge in [0.1, 0.15) is 0 Å². The number of hydrogen-bond donors (Lipinski definition) is 0. The van der Waals surface area contributed by atoms with E-state index in [1.165, 1.54) is 18.2 Å². The maximum Gasteiger partial charge on any atom is 0.269 e. The van der Waals surface area contributed by atoms with Crippen LogP contribution in [0.15, 0.2) is 41.2 Å². The van der Waals surface area contributed by atoms with Gasteiger partial charge in [0, 0.05) is 18.7 Å². The highest BCUT2D eigenvalue weighted by molar-refractivity contribution is 5.75. The first kappa shape index (κ1) is 15.6. The fraction of sp³-hybridized carbons (Fsp3) is 0.250. The third-order valence-electron chi connectivity index (χ3n) is 3.44. The number of nitrogens with zero attached hydrogens (tertiary/aromatic N) is 2. The zero-order valence-electron chi connectivity index (χ0n) is 12.2. The Bertz CT molecular complexity index is 748. The first-order chi connectivity index (χ1) is 10.6. The molecule has 0 saturated carbocycles. The molecule has 2 rings (SSSR count). The first-order valence-electron chi connectivity index (χ1n) is 7.02. The van der Waals surface area contributed by atoms with Gasteiger partial charge in [-0.15, -0.1) is 0 Å². The highest BCUT2D eigenvalue weighted by Crippen LogP contribution is 2.22. The van der Waals surface area contributed by atoms with Crippen molar-refractivity contribution >= 4 is 12.0 Å². The predicted molar refractivity (Wildman–Crippen MR) is 83.1 cm³/mol. The Hall–Kier alpha value is -2.76. The average molecular weight is 300 g/mol. The van der Waals surface area contributed by atoms with Gasteiger partial charge in [-0.2, -0.15) is 0 Å². The van der Waals surface area contributed by atoms with E-state index < -0.39 is 4.92 Å². The molecule has 0 spiro atoms. The predicted octanol–water partition coefficient (Wildman–Crippen LogP) is 3.04. The summed E-state index contributed by atoms with van der Waals surface area (Å²) in [5.74, 6) is 0. The summed E-state index contributed by atoms with van der Waals surface area (Å²) in [5.41, 5.74) is 1.13. The minimum Gasteiger partial charge on any atom is -0.308 e. The van der Waals surface area contributed by atoms with Crippen LogP contribution in [0.1, 0.15) is 30.1 Å². The van der Waals surface area contributed by atoms with Crippen molar-refractivity contribution in [1.29, 1.82) is 0 Å². The second-order valence-electron chi connectivity index (χ2n) is 4.91. The Labute approximate surface area is 127 Å². The van der Waals surface area contributed by atoms with Gasteiger partial charge in [0.05, 0.1) is 16.2 Å². The summed E-state index contributed by atoms with van der Waals surface area (Å²) in [4.78, 5) is 33.5. The van der Waals surface area contributed by atoms with Crippen LogP contribution in [0.25, 0.3) is 11.3 Å². The van der Waals surface area contributed by atoms with Gasteiger partial charge in [0.2, 0.25) is 0 Å². The highest BCUT2D eigenvalue weighted by Gasteiger charge is 2.11. The Balaban J connectivity index is 2.53. The van der Waals surface area contributed by atoms with Crippen molar-refractivity contribution < 1.29 is 9.72 Å². The van der Waals surface area contributed by atoms with E-state index in [0.29, 0.717) is 24.1 Å². The average Bonchev–Trinajstić information content (AvgIpc) is 2.53. The standard InChI is InChI=1S/C16H16N2O4/c1-2-3-10-17-15(9-6-13(11-19)16(17)20)12-4-7-14(8-5-12)18(21)22/h4-9,11H,2-3,10H2,1H3. The highest BCUT2D eigenvalue weighted by atomic mass is 16.6. The van der Waals surface area contributed by atoms with Gasteiger partial charge in [0.25, 0.3) is 11.2 Å². The van der Waals surface area contributed by atoms with Crippen LogP contribution in [0.3, 0.4) is 0 Å². The van der Waals surface area contributed by atoms with Crippen molar-refractivity contribution in [3.63, 3.8) is 0 Å². The number of carbonyl (C=O) groups excluding carboxylic acids is 1. The molecule has 6 nitrogen and oxygen atoms in total. The van der Waals surface area contributed by atoms with Crippen molar-refractivity contribution in [2.45, 2.75) is 26.3 Å². The summed E-state index contributed by atoms with van der Waals surface area (Å²) in [7, 11) is 0. The van der Waals surface area contributed by atoms with Gasteiger partial charge < -0.3 is 4.57 Å². The maximum atomic E-state index is 12.3. The summed E-state index contributed by atoms with van der Waals surface area (Å²) < 4.78 is 1.55. The lowest BCUT2D eigenvalue weighted by Gasteiger charge is -2.13. The topological polar surface area (TPSA) is 82.2 Å². The number of nitro benzene ring substituents is 1. The van der Waals surface area contributed by atoms with Crippen LogP contribution >= 0.6 is 0 Å². The van der Waals surface area contributed by atoms with Gasteiger partial charge in [-0.3, -0.25) is 19.7 Å². The van der Waals surface area contributed by atoms with Crippen molar-refractivity contribution in [3.8, 4) is 11.3 Å². The number of aromatic nitrogens is 1. The minimum atomic E-state index is -0.469. The largest absolute Gasteiger partial charge is 0.308 e. The molecule has 22 heavy (non-hydrogen) atoms. The first-order valence-corrected chi connectivity index (χ1v) is 7.02. The van der Waals surface area contributed by atoms with Crippen LogP contribution < -0.4 is 5.56 Å². The molecule has 0 aliphatic carbocycles. The summed E-state index contributed by atoms with van der Waals surface area (Å²) in [6.07, 6.45) is 2.27. The van der Waals surface area contributed by atoms with Gasteiger partial charge in [-0.25, -0.2) is 0 Å². The maximum absolute atomic E-state index is 12.3. The molecule has 0 N–H and O–H groups in total. The van der Waals surface area contributed by atoms with Crippen LogP contribution in [0, 0.1) is 10.1 Å². The van der Waals surface area contributed by atoms with Gasteiger partial charge >= 0.3 is 0 Å². The number of pyridine rings is 1. The molecule has 0 atom stereocenters. The van der Waals surface area contributed by atoms with E-state index in [1.807, 2.05) is 6.92 Å². The SMILES string of the molecule is CCCCn1c(-c2ccc([N+](=O)[O-])cc2)ccc(C=O)c1=O. The molecule has 6 heteroatoms. The summed E-state index contributed by atoms with van der Waals surface area (Å²) in [6, 6.07) is 9.19. The molecule has 0 aliphatic rings. The molecular weight excluding hydrogens is 284 g/mol. The van der Waals surface area contributed by atoms with Crippen LogP contribution in [0.2, 0.25) is 0 Å². The van der Waals surface area contributed by atoms with Crippen LogP contribution in [0.4, 0.5) is 5.69 Å². The number of non-ortho nitro benzene ring substituents is 1. The van der Waals surface area contributed by atoms with E-state index in [9.17, 15) is 19.7 Å². The number of nitro groups is 1. The van der Waals surface area contributed by atoms with Crippen molar-refractivity contribution in [1.82, 2.24) is 4.57 Å². The van der Waals surface area contributed by atoms with Crippen LogP contribution in [-0.4, -0.2) is 15.8 Å². The molecular formula is C16H16N2O4. The van der Waals surface area contributed by atoms with Crippen molar-refractivity contribution in [2.24, 2.45) is 0 Å². The van der Waals surface area contributed by atoms with E-state index in [-0.39, 0.29) is 16.8 Å². The number of carbonyl (C=O) groups is 1.